The summed E-state index contributed by atoms with van der Waals surface area (Å²) in [7, 11) is 3.56. The molecule has 2 aromatic rings. The fourth-order valence-electron chi connectivity index (χ4n) is 13.1. The topological polar surface area (TPSA) is 92.0 Å². The Labute approximate surface area is 315 Å². The van der Waals surface area contributed by atoms with Gasteiger partial charge in [0.25, 0.3) is 0 Å². The molecule has 1 amide bonds. The molecule has 7 nitrogen and oxygen atoms in total. The van der Waals surface area contributed by atoms with Crippen molar-refractivity contribution in [1.82, 2.24) is 9.47 Å². The fraction of sp³-hybridized carbons (Fsp3) is 0.609. The van der Waals surface area contributed by atoms with Crippen molar-refractivity contribution in [1.29, 1.82) is 0 Å². The number of benzene rings is 1. The molecule has 0 radical (unpaired) electrons. The van der Waals surface area contributed by atoms with Gasteiger partial charge < -0.3 is 24.4 Å². The minimum atomic E-state index is -0.852. The smallest absolute Gasteiger partial charge is 0.249 e. The van der Waals surface area contributed by atoms with Gasteiger partial charge in [-0.3, -0.25) is 9.59 Å². The zero-order chi connectivity index (χ0) is 38.5. The number of allylic oxidation sites excluding steroid dienone is 3. The van der Waals surface area contributed by atoms with Crippen LogP contribution in [0.1, 0.15) is 139 Å². The van der Waals surface area contributed by atoms with Crippen LogP contribution in [0.4, 0.5) is 0 Å². The van der Waals surface area contributed by atoms with Gasteiger partial charge in [-0.2, -0.15) is 0 Å². The molecule has 3 heterocycles. The number of amides is 1. The van der Waals surface area contributed by atoms with E-state index in [2.05, 4.69) is 77.8 Å². The molecule has 6 aliphatic rings. The Morgan fingerprint density at radius 3 is 2.43 bits per heavy atom. The van der Waals surface area contributed by atoms with Crippen LogP contribution in [0.2, 0.25) is 0 Å². The molecular formula is C46H60N2O5. The highest BCUT2D eigenvalue weighted by molar-refractivity contribution is 6.18. The number of ketones is 1. The van der Waals surface area contributed by atoms with Crippen LogP contribution in [0.15, 0.2) is 48.1 Å². The van der Waals surface area contributed by atoms with E-state index >= 15 is 0 Å². The van der Waals surface area contributed by atoms with Gasteiger partial charge in [0.05, 0.1) is 34.5 Å². The highest BCUT2D eigenvalue weighted by atomic mass is 16.5. The van der Waals surface area contributed by atoms with Crippen LogP contribution in [-0.2, 0) is 21.4 Å². The van der Waals surface area contributed by atoms with E-state index in [1.54, 1.807) is 19.0 Å². The van der Waals surface area contributed by atoms with E-state index in [4.69, 9.17) is 4.74 Å². The van der Waals surface area contributed by atoms with Crippen LogP contribution in [0.5, 0.6) is 0 Å². The lowest BCUT2D eigenvalue weighted by Gasteiger charge is -2.64. The minimum absolute atomic E-state index is 0.0109. The number of hydrogen-bond donors (Lipinski definition) is 2. The van der Waals surface area contributed by atoms with Gasteiger partial charge in [-0.05, 0) is 119 Å². The molecule has 0 spiro atoms. The maximum Gasteiger partial charge on any atom is 0.249 e. The van der Waals surface area contributed by atoms with E-state index < -0.39 is 34.9 Å². The first kappa shape index (κ1) is 36.7. The highest BCUT2D eigenvalue weighted by Gasteiger charge is 2.67. The Bertz CT molecular complexity index is 2090. The van der Waals surface area contributed by atoms with E-state index in [1.165, 1.54) is 11.3 Å². The summed E-state index contributed by atoms with van der Waals surface area (Å²) in [4.78, 5) is 29.4. The summed E-state index contributed by atoms with van der Waals surface area (Å²) in [5.74, 6) is 0.355. The van der Waals surface area contributed by atoms with Crippen molar-refractivity contribution < 1.29 is 24.5 Å². The molecule has 0 bridgehead atoms. The third-order valence-corrected chi connectivity index (χ3v) is 15.4. The molecule has 0 saturated heterocycles. The van der Waals surface area contributed by atoms with Crippen molar-refractivity contribution in [3.05, 3.63) is 76.0 Å². The number of fused-ring (bicyclic) bond motifs is 11. The van der Waals surface area contributed by atoms with Crippen LogP contribution >= 0.6 is 0 Å². The largest absolute Gasteiger partial charge is 0.392 e. The molecule has 9 atom stereocenters. The summed E-state index contributed by atoms with van der Waals surface area (Å²) in [6.45, 7) is 23.8. The lowest BCUT2D eigenvalue weighted by Crippen LogP contribution is -2.62. The van der Waals surface area contributed by atoms with Crippen LogP contribution in [0.25, 0.3) is 16.5 Å². The maximum atomic E-state index is 14.9. The first-order valence-electron chi connectivity index (χ1n) is 20.0. The van der Waals surface area contributed by atoms with Gasteiger partial charge in [-0.15, -0.1) is 0 Å². The minimum Gasteiger partial charge on any atom is -0.392 e. The van der Waals surface area contributed by atoms with E-state index in [0.717, 1.165) is 64.4 Å². The molecule has 2 fully saturated rings. The van der Waals surface area contributed by atoms with Crippen LogP contribution in [-0.4, -0.2) is 62.8 Å². The van der Waals surface area contributed by atoms with Crippen molar-refractivity contribution in [2.45, 2.75) is 136 Å². The Balaban J connectivity index is 1.32. The number of aromatic nitrogens is 1. The number of hydrogen-bond acceptors (Lipinski definition) is 5. The van der Waals surface area contributed by atoms with Crippen LogP contribution in [0, 0.1) is 28.6 Å². The second-order valence-electron chi connectivity index (χ2n) is 19.4. The number of rotatable bonds is 5. The molecule has 2 N–H and O–H groups in total. The number of nitrogens with zero attached hydrogens (tertiary/aromatic N) is 2. The second-order valence-corrected chi connectivity index (χ2v) is 19.4. The number of aliphatic hydroxyl groups excluding tert-OH is 2. The Morgan fingerprint density at radius 2 is 1.79 bits per heavy atom. The van der Waals surface area contributed by atoms with Crippen LogP contribution < -0.4 is 0 Å². The standard InChI is InChI=1S/C46H60N2O5/c1-13-25(41(52)47(11)12)15-14-19-44(8)31-17-16-26-21-29-28-22-27-30-23-42(4,5)53-43(6,7)35(30)38(50)33(27)34-37(28)48(36(24(2)3)39(34)51)40(29)46(26,10)45(31,9)20-18-32(44)49/h14-15,19,22-23,26,31-32,35-36,38,49-50H,2,13,16-18,20-21H2,1,3-12H3/b19-14+,25-15+/t26?,31?,32?,35?,36-,38?,44-,45-,46+/m0/s1. The van der Waals surface area contributed by atoms with Crippen molar-refractivity contribution in [3.8, 4) is 0 Å². The average Bonchev–Trinajstić information content (AvgIpc) is 3.73. The molecule has 5 unspecified atom stereocenters. The Morgan fingerprint density at radius 1 is 1.09 bits per heavy atom. The summed E-state index contributed by atoms with van der Waals surface area (Å²) in [6, 6.07) is 1.79. The molecule has 7 heteroatoms. The van der Waals surface area contributed by atoms with Gasteiger partial charge in [0.15, 0.2) is 5.78 Å². The Hall–Kier alpha value is -3.26. The van der Waals surface area contributed by atoms with Gasteiger partial charge in [-0.25, -0.2) is 0 Å². The lowest BCUT2D eigenvalue weighted by atomic mass is 9.40. The van der Waals surface area contributed by atoms with Gasteiger partial charge >= 0.3 is 0 Å². The number of ether oxygens (including phenoxy) is 1. The molecule has 2 saturated carbocycles. The van der Waals surface area contributed by atoms with E-state index in [9.17, 15) is 19.8 Å². The maximum absolute atomic E-state index is 14.9. The van der Waals surface area contributed by atoms with Gasteiger partial charge in [0.2, 0.25) is 5.91 Å². The predicted molar refractivity (Wildman–Crippen MR) is 211 cm³/mol. The molecule has 1 aromatic carbocycles. The van der Waals surface area contributed by atoms with Crippen molar-refractivity contribution in [3.63, 3.8) is 0 Å². The molecule has 4 aliphatic carbocycles. The summed E-state index contributed by atoms with van der Waals surface area (Å²) in [5.41, 5.74) is 6.59. The highest BCUT2D eigenvalue weighted by Crippen LogP contribution is 2.71. The number of carbonyl (C=O) groups is 2. The van der Waals surface area contributed by atoms with Gasteiger partial charge in [0, 0.05) is 53.1 Å². The number of aliphatic hydroxyl groups is 2. The number of likely N-dealkylation sites (N-methyl/N-ethyl adjacent to an activating group) is 1. The molecule has 2 aliphatic heterocycles. The van der Waals surface area contributed by atoms with Crippen LogP contribution in [0.3, 0.4) is 0 Å². The fourth-order valence-corrected chi connectivity index (χ4v) is 13.1. The number of Topliss-reactive ketones (excluding diaryl/α,β-unsaturated/α-hetero) is 1. The van der Waals surface area contributed by atoms with Crippen molar-refractivity contribution in [2.75, 3.05) is 14.1 Å². The summed E-state index contributed by atoms with van der Waals surface area (Å²) < 4.78 is 8.91. The van der Waals surface area contributed by atoms with E-state index in [0.29, 0.717) is 24.3 Å². The first-order valence-corrected chi connectivity index (χ1v) is 20.0. The summed E-state index contributed by atoms with van der Waals surface area (Å²) >= 11 is 0. The molecule has 1 aromatic heterocycles. The van der Waals surface area contributed by atoms with Crippen molar-refractivity contribution >= 4 is 28.2 Å². The quantitative estimate of drug-likeness (QED) is 0.184. The third kappa shape index (κ3) is 4.56. The van der Waals surface area contributed by atoms with Gasteiger partial charge in [-0.1, -0.05) is 58.1 Å². The summed E-state index contributed by atoms with van der Waals surface area (Å²) in [6.07, 6.45) is 12.2. The molecular weight excluding hydrogens is 661 g/mol. The predicted octanol–water partition coefficient (Wildman–Crippen LogP) is 8.58. The molecule has 8 rings (SSSR count). The normalized spacial score (nSPS) is 37.6. The summed E-state index contributed by atoms with van der Waals surface area (Å²) in [5, 5.41) is 25.2. The molecule has 53 heavy (non-hydrogen) atoms. The van der Waals surface area contributed by atoms with Crippen molar-refractivity contribution in [2.24, 2.45) is 28.6 Å². The average molecular weight is 721 g/mol. The SMILES string of the molecule is C=C(C)[C@H]1C(=O)c2c3c(cc4c5c(n1c24)[C@@]1(C)C(CCC2[C@](C)(/C=C/C=C(\CC)C(=O)N(C)C)C(O)CC[C@@]21C)C5)C1=CC(C)(C)OC(C)(C)C1C3O. The zero-order valence-electron chi connectivity index (χ0n) is 33.8. The molecule has 284 valence electrons. The van der Waals surface area contributed by atoms with Gasteiger partial charge in [0.1, 0.15) is 6.04 Å². The number of carbonyl (C=O) groups excluding carboxylic acids is 2. The first-order chi connectivity index (χ1) is 24.7. The Kier molecular flexibility index (Phi) is 7.89. The lowest BCUT2D eigenvalue weighted by molar-refractivity contribution is -0.144. The second kappa shape index (κ2) is 11.4. The monoisotopic (exact) mass is 720 g/mol. The zero-order valence-corrected chi connectivity index (χ0v) is 33.8. The third-order valence-electron chi connectivity index (χ3n) is 15.4. The van der Waals surface area contributed by atoms with E-state index in [-0.39, 0.29) is 34.4 Å². The van der Waals surface area contributed by atoms with E-state index in [1.807, 2.05) is 26.0 Å².